The molecule has 9 aliphatic rings. The Morgan fingerprint density at radius 1 is 0.436 bits per heavy atom. The molecule has 0 radical (unpaired) electrons. The molecule has 0 saturated heterocycles. The third-order valence-electron chi connectivity index (χ3n) is 13.9. The van der Waals surface area contributed by atoms with Crippen LogP contribution in [-0.2, 0) is 19.6 Å². The van der Waals surface area contributed by atoms with Gasteiger partial charge < -0.3 is 37.2 Å². The highest BCUT2D eigenvalue weighted by molar-refractivity contribution is 5.96. The van der Waals surface area contributed by atoms with E-state index in [9.17, 15) is 0 Å². The van der Waals surface area contributed by atoms with Gasteiger partial charge in [-0.25, -0.2) is 15.0 Å². The minimum Gasteiger partial charge on any atom is -0.374 e. The minimum atomic E-state index is 0. The topological polar surface area (TPSA) is 222 Å². The monoisotopic (exact) mass is 1320 g/mol. The second-order valence-corrected chi connectivity index (χ2v) is 20.3. The highest BCUT2D eigenvalue weighted by Gasteiger charge is 2.27. The summed E-state index contributed by atoms with van der Waals surface area (Å²) in [4.78, 5) is 47.2. The second kappa shape index (κ2) is 62.5. The van der Waals surface area contributed by atoms with E-state index >= 15 is 0 Å². The van der Waals surface area contributed by atoms with Crippen molar-refractivity contribution in [2.45, 2.75) is 326 Å². The number of hydrogen-bond acceptors (Lipinski definition) is 18. The lowest BCUT2D eigenvalue weighted by Gasteiger charge is -2.35. The number of hydrogen-bond donors (Lipinski definition) is 7. The summed E-state index contributed by atoms with van der Waals surface area (Å²) in [6.45, 7) is 64.5. The first-order chi connectivity index (χ1) is 43.5. The lowest BCUT2D eigenvalue weighted by atomic mass is 9.84. The van der Waals surface area contributed by atoms with Crippen LogP contribution >= 0.6 is 0 Å². The molecule has 3 aromatic heterocycles. The zero-order chi connectivity index (χ0) is 69.1. The van der Waals surface area contributed by atoms with Crippen LogP contribution < -0.4 is 37.2 Å². The van der Waals surface area contributed by atoms with E-state index in [1.54, 1.807) is 5.57 Å². The summed E-state index contributed by atoms with van der Waals surface area (Å²) >= 11 is 0. The van der Waals surface area contributed by atoms with Crippen molar-refractivity contribution in [1.82, 2.24) is 41.2 Å². The van der Waals surface area contributed by atoms with Gasteiger partial charge >= 0.3 is 0 Å². The molecule has 18 heteroatoms. The average molecular weight is 1320 g/mol. The molecule has 1 fully saturated rings. The highest BCUT2D eigenvalue weighted by Crippen LogP contribution is 2.28. The fraction of sp³-hybridized carbons (Fsp3) is 0.697. The van der Waals surface area contributed by atoms with Crippen molar-refractivity contribution >= 4 is 58.2 Å². The number of aryl methyl sites for hydroxylation is 4. The van der Waals surface area contributed by atoms with E-state index in [-0.39, 0.29) is 29.7 Å². The van der Waals surface area contributed by atoms with Gasteiger partial charge in [-0.1, -0.05) is 159 Å². The van der Waals surface area contributed by atoms with Crippen molar-refractivity contribution in [3.8, 4) is 0 Å². The van der Waals surface area contributed by atoms with Gasteiger partial charge in [0, 0.05) is 71.7 Å². The Balaban J connectivity index is -0.000000181. The van der Waals surface area contributed by atoms with Crippen LogP contribution in [0, 0.1) is 33.6 Å². The molecule has 94 heavy (non-hydrogen) atoms. The fourth-order valence-electron chi connectivity index (χ4n) is 9.52. The van der Waals surface area contributed by atoms with E-state index in [0.717, 1.165) is 138 Å². The second-order valence-electron chi connectivity index (χ2n) is 20.3. The molecule has 2 aliphatic carbocycles. The van der Waals surface area contributed by atoms with E-state index in [1.807, 2.05) is 198 Å². The summed E-state index contributed by atoms with van der Waals surface area (Å²) in [5.41, 5.74) is 10.7. The van der Waals surface area contributed by atoms with E-state index in [4.69, 9.17) is 0 Å². The number of aromatic nitrogens is 4. The van der Waals surface area contributed by atoms with E-state index < -0.39 is 0 Å². The summed E-state index contributed by atoms with van der Waals surface area (Å²) < 4.78 is 0. The van der Waals surface area contributed by atoms with Gasteiger partial charge in [0.15, 0.2) is 0 Å². The van der Waals surface area contributed by atoms with Crippen molar-refractivity contribution in [2.24, 2.45) is 40.9 Å². The van der Waals surface area contributed by atoms with Crippen LogP contribution in [0.15, 0.2) is 70.6 Å². The predicted molar refractivity (Wildman–Crippen MR) is 428 cm³/mol. The normalized spacial score (nSPS) is 18.0. The molecule has 4 atom stereocenters. The molecule has 544 valence electrons. The first-order valence-corrected chi connectivity index (χ1v) is 34.9. The largest absolute Gasteiger partial charge is 0.374 e. The summed E-state index contributed by atoms with van der Waals surface area (Å²) in [5.74, 6) is 10.8. The summed E-state index contributed by atoms with van der Waals surface area (Å²) in [6, 6.07) is 7.84. The molecule has 0 bridgehead atoms. The van der Waals surface area contributed by atoms with Gasteiger partial charge in [0.2, 0.25) is 0 Å². The third kappa shape index (κ3) is 40.0. The number of anilines is 3. The Morgan fingerprint density at radius 2 is 0.979 bits per heavy atom. The molecule has 10 heterocycles. The van der Waals surface area contributed by atoms with Crippen molar-refractivity contribution < 1.29 is 0 Å². The van der Waals surface area contributed by atoms with Gasteiger partial charge in [-0.3, -0.25) is 39.9 Å². The maximum atomic E-state index is 4.42. The van der Waals surface area contributed by atoms with Gasteiger partial charge in [-0.15, -0.1) is 0 Å². The Morgan fingerprint density at radius 3 is 1.52 bits per heavy atom. The van der Waals surface area contributed by atoms with Gasteiger partial charge in [-0.05, 0) is 159 Å². The van der Waals surface area contributed by atoms with Gasteiger partial charge in [0.05, 0.1) is 84.5 Å². The molecule has 4 unspecified atom stereocenters. The molecule has 0 amide bonds. The maximum absolute atomic E-state index is 4.42. The molecule has 0 spiro atoms. The third-order valence-corrected chi connectivity index (χ3v) is 13.9. The Hall–Kier alpha value is -6.59. The number of amidine groups is 7. The highest BCUT2D eigenvalue weighted by atomic mass is 15.1. The Labute approximate surface area is 581 Å². The van der Waals surface area contributed by atoms with Gasteiger partial charge in [0.1, 0.15) is 17.5 Å². The van der Waals surface area contributed by atoms with Crippen LogP contribution in [-0.4, -0.2) is 105 Å². The molecule has 0 aromatic carbocycles. The van der Waals surface area contributed by atoms with Crippen LogP contribution in [0.1, 0.15) is 300 Å². The minimum absolute atomic E-state index is 0. The van der Waals surface area contributed by atoms with Crippen molar-refractivity contribution in [3.63, 3.8) is 0 Å². The zero-order valence-electron chi connectivity index (χ0n) is 62.9. The van der Waals surface area contributed by atoms with Crippen LogP contribution in [0.5, 0.6) is 0 Å². The van der Waals surface area contributed by atoms with Gasteiger partial charge in [0.25, 0.3) is 0 Å². The Bertz CT molecular complexity index is 2640. The first kappa shape index (κ1) is 101. The lowest BCUT2D eigenvalue weighted by Crippen LogP contribution is -2.45. The standard InChI is InChI=1S/C9H12N4.2C9H11N3.C9H16N2.C9H14N2.C6H12N2.C5H10N2.8C2H6.4CH4/c1-5-8-4-10-6(2)12-9(8)13-7(3)11-5;1-6-9-8(3-4-10-6)5-11-7(2)12-9;1-6-3-4-8-5-10-7(2)12-9(8)11-6;2*1-7-10-6-8-4-2-3-5-9(8)11-7;1-4-5(2)8-6(3)7-4;1-5-6-3-2-4-7-5;8*1-2;;;;/h4H2,1-3H3,(H,10,11,12,13);3-4H,5H2,1-2H3,(H,11,12);3-4H,5H2,1-2H3,(H,10,11,12);8-9H,2-6H2,1H3,(H,10,11);2-6H2,1H3,(H,10,11);4-5H,1-3H3,(H,7,8);2-4H2,1H3,(H,6,7);8*1-2H3;4*1H4. The molecule has 7 N–H and O–H groups in total. The summed E-state index contributed by atoms with van der Waals surface area (Å²) in [7, 11) is 0. The quantitative estimate of drug-likeness (QED) is 0.112. The van der Waals surface area contributed by atoms with Gasteiger partial charge in [-0.2, -0.15) is 0 Å². The molecule has 7 aliphatic heterocycles. The molecular weight excluding hydrogens is 1160 g/mol. The van der Waals surface area contributed by atoms with Crippen LogP contribution in [0.3, 0.4) is 0 Å². The number of rotatable bonds is 0. The number of nitrogens with one attached hydrogen (secondary N) is 7. The molecule has 3 aromatic rings. The lowest BCUT2D eigenvalue weighted by molar-refractivity contribution is 0.283. The van der Waals surface area contributed by atoms with Crippen molar-refractivity contribution in [1.29, 1.82) is 0 Å². The maximum Gasteiger partial charge on any atom is 0.140 e. The Kier molecular flexibility index (Phi) is 67.1. The van der Waals surface area contributed by atoms with E-state index in [2.05, 4.69) is 119 Å². The van der Waals surface area contributed by atoms with Crippen LogP contribution in [0.2, 0.25) is 0 Å². The van der Waals surface area contributed by atoms with E-state index in [0.29, 0.717) is 18.6 Å². The van der Waals surface area contributed by atoms with Crippen LogP contribution in [0.4, 0.5) is 17.3 Å². The number of nitrogens with zero attached hydrogens (tertiary/aromatic N) is 11. The van der Waals surface area contributed by atoms with Crippen molar-refractivity contribution in [3.05, 3.63) is 75.3 Å². The zero-order valence-corrected chi connectivity index (χ0v) is 62.9. The van der Waals surface area contributed by atoms with E-state index in [1.165, 1.54) is 74.6 Å². The smallest absolute Gasteiger partial charge is 0.140 e. The molecular formula is C76H150N18. The molecule has 12 rings (SSSR count). The number of aliphatic imine (C=N–C) groups is 7. The average Bonchev–Trinajstić information content (AvgIpc) is 1.15. The molecule has 18 nitrogen and oxygen atoms in total. The molecule has 1 saturated carbocycles. The summed E-state index contributed by atoms with van der Waals surface area (Å²) in [6.07, 6.45) is 13.8. The first-order valence-electron chi connectivity index (χ1n) is 34.9. The fourth-order valence-corrected chi connectivity index (χ4v) is 9.52. The van der Waals surface area contributed by atoms with Crippen LogP contribution in [0.25, 0.3) is 0 Å². The predicted octanol–water partition coefficient (Wildman–Crippen LogP) is 20.2. The number of allylic oxidation sites excluding steroid dienone is 1. The SMILES string of the molecule is C.C.C.C.CC.CC.CC.CC.CC.CC.CC.CC.CC1=NC(C)C(C)N1.CC1=NCC2=C(CCCC2)N1.CC1=NCC2CCCCC2N1.CC1=NCCCN1.CC1=NCc2c(C)nc(C)nc2N1.CC1=NCc2ccc(C)nc2N1.CC1=NCc2ccnc(C)c2N1. The van der Waals surface area contributed by atoms with Crippen molar-refractivity contribution in [2.75, 3.05) is 42.1 Å². The number of pyridine rings is 2. The number of fused-ring (bicyclic) bond motifs is 4. The summed E-state index contributed by atoms with van der Waals surface area (Å²) in [5, 5.41) is 22.7.